The number of thioether (sulfide) groups is 1. The lowest BCUT2D eigenvalue weighted by Crippen LogP contribution is -2.40. The van der Waals surface area contributed by atoms with Crippen molar-refractivity contribution in [1.29, 1.82) is 0 Å². The van der Waals surface area contributed by atoms with E-state index in [1.54, 1.807) is 21.3 Å². The number of guanidine groups is 1. The first-order valence-corrected chi connectivity index (χ1v) is 9.70. The predicted octanol–water partition coefficient (Wildman–Crippen LogP) is 2.66. The molecule has 140 valence electrons. The van der Waals surface area contributed by atoms with Crippen molar-refractivity contribution in [2.24, 2.45) is 4.99 Å². The lowest BCUT2D eigenvalue weighted by atomic mass is 10.1. The van der Waals surface area contributed by atoms with E-state index in [-0.39, 0.29) is 0 Å². The van der Waals surface area contributed by atoms with Gasteiger partial charge in [0.1, 0.15) is 0 Å². The van der Waals surface area contributed by atoms with Crippen LogP contribution in [-0.4, -0.2) is 51.4 Å². The summed E-state index contributed by atoms with van der Waals surface area (Å²) in [6, 6.07) is 3.84. The standard InChI is InChI=1S/C18H29N3O3S/c1-5-19-18(21-12-14-7-6-10-25-14)20-11-13-8-9-15(22-2)17(24-4)16(13)23-3/h8-9,14H,5-7,10-12H2,1-4H3,(H2,19,20,21). The molecule has 1 aromatic rings. The Morgan fingerprint density at radius 1 is 1.16 bits per heavy atom. The van der Waals surface area contributed by atoms with Crippen molar-refractivity contribution < 1.29 is 14.2 Å². The van der Waals surface area contributed by atoms with E-state index < -0.39 is 0 Å². The van der Waals surface area contributed by atoms with Gasteiger partial charge in [-0.25, -0.2) is 4.99 Å². The van der Waals surface area contributed by atoms with E-state index in [4.69, 9.17) is 19.2 Å². The molecule has 7 heteroatoms. The van der Waals surface area contributed by atoms with Crippen LogP contribution in [0, 0.1) is 0 Å². The van der Waals surface area contributed by atoms with Gasteiger partial charge in [-0.15, -0.1) is 0 Å². The zero-order chi connectivity index (χ0) is 18.1. The van der Waals surface area contributed by atoms with Gasteiger partial charge in [0.25, 0.3) is 0 Å². The lowest BCUT2D eigenvalue weighted by molar-refractivity contribution is 0.322. The van der Waals surface area contributed by atoms with Gasteiger partial charge in [-0.05, 0) is 37.7 Å². The Hall–Kier alpha value is -1.76. The van der Waals surface area contributed by atoms with Gasteiger partial charge in [-0.1, -0.05) is 0 Å². The van der Waals surface area contributed by atoms with E-state index in [0.717, 1.165) is 24.6 Å². The van der Waals surface area contributed by atoms with Gasteiger partial charge in [0, 0.05) is 23.9 Å². The molecule has 2 rings (SSSR count). The first-order chi connectivity index (χ1) is 12.2. The maximum Gasteiger partial charge on any atom is 0.203 e. The second-order valence-corrected chi connectivity index (χ2v) is 7.11. The van der Waals surface area contributed by atoms with Gasteiger partial charge in [-0.2, -0.15) is 11.8 Å². The molecule has 0 aromatic heterocycles. The molecule has 0 bridgehead atoms. The van der Waals surface area contributed by atoms with Crippen LogP contribution < -0.4 is 24.8 Å². The number of rotatable bonds is 8. The SMILES string of the molecule is CCNC(=NCc1ccc(OC)c(OC)c1OC)NCC1CCCS1. The van der Waals surface area contributed by atoms with Crippen LogP contribution in [0.2, 0.25) is 0 Å². The molecular weight excluding hydrogens is 338 g/mol. The number of methoxy groups -OCH3 is 3. The number of hydrogen-bond donors (Lipinski definition) is 2. The fourth-order valence-electron chi connectivity index (χ4n) is 2.81. The van der Waals surface area contributed by atoms with Crippen LogP contribution in [0.3, 0.4) is 0 Å². The number of hydrogen-bond acceptors (Lipinski definition) is 5. The molecule has 6 nitrogen and oxygen atoms in total. The van der Waals surface area contributed by atoms with Gasteiger partial charge in [0.2, 0.25) is 5.75 Å². The van der Waals surface area contributed by atoms with E-state index >= 15 is 0 Å². The molecule has 1 aromatic carbocycles. The van der Waals surface area contributed by atoms with Crippen LogP contribution in [0.1, 0.15) is 25.3 Å². The zero-order valence-electron chi connectivity index (χ0n) is 15.6. The molecule has 1 saturated heterocycles. The highest BCUT2D eigenvalue weighted by atomic mass is 32.2. The average Bonchev–Trinajstić information content (AvgIpc) is 3.16. The van der Waals surface area contributed by atoms with Crippen LogP contribution >= 0.6 is 11.8 Å². The summed E-state index contributed by atoms with van der Waals surface area (Å²) in [6.45, 7) is 4.33. The average molecular weight is 368 g/mol. The van der Waals surface area contributed by atoms with Crippen LogP contribution in [0.4, 0.5) is 0 Å². The Balaban J connectivity index is 2.10. The fraction of sp³-hybridized carbons (Fsp3) is 0.611. The van der Waals surface area contributed by atoms with Crippen molar-refractivity contribution in [3.05, 3.63) is 17.7 Å². The van der Waals surface area contributed by atoms with E-state index in [2.05, 4.69) is 17.6 Å². The van der Waals surface area contributed by atoms with Crippen LogP contribution in [0.25, 0.3) is 0 Å². The van der Waals surface area contributed by atoms with E-state index in [9.17, 15) is 0 Å². The van der Waals surface area contributed by atoms with Crippen molar-refractivity contribution in [2.45, 2.75) is 31.6 Å². The van der Waals surface area contributed by atoms with Crippen LogP contribution in [0.5, 0.6) is 17.2 Å². The molecule has 1 unspecified atom stereocenters. The van der Waals surface area contributed by atoms with Gasteiger partial charge >= 0.3 is 0 Å². The largest absolute Gasteiger partial charge is 0.493 e. The van der Waals surface area contributed by atoms with E-state index in [0.29, 0.717) is 29.0 Å². The Bertz CT molecular complexity index is 575. The summed E-state index contributed by atoms with van der Waals surface area (Å²) in [7, 11) is 4.85. The maximum atomic E-state index is 5.52. The first-order valence-electron chi connectivity index (χ1n) is 8.65. The lowest BCUT2D eigenvalue weighted by Gasteiger charge is -2.16. The van der Waals surface area contributed by atoms with Gasteiger partial charge in [0.15, 0.2) is 17.5 Å². The number of ether oxygens (including phenoxy) is 3. The third kappa shape index (κ3) is 5.36. The van der Waals surface area contributed by atoms with Crippen LogP contribution in [-0.2, 0) is 6.54 Å². The van der Waals surface area contributed by atoms with Crippen molar-refractivity contribution in [3.63, 3.8) is 0 Å². The predicted molar refractivity (Wildman–Crippen MR) is 104 cm³/mol. The van der Waals surface area contributed by atoms with Gasteiger partial charge < -0.3 is 24.8 Å². The Labute approximate surface area is 154 Å². The van der Waals surface area contributed by atoms with Crippen molar-refractivity contribution in [2.75, 3.05) is 40.2 Å². The number of benzene rings is 1. The minimum absolute atomic E-state index is 0.497. The summed E-state index contributed by atoms with van der Waals surface area (Å²) in [5, 5.41) is 7.42. The summed E-state index contributed by atoms with van der Waals surface area (Å²) in [6.07, 6.45) is 2.59. The quantitative estimate of drug-likeness (QED) is 0.544. The Kier molecular flexibility index (Phi) is 8.04. The third-order valence-electron chi connectivity index (χ3n) is 4.06. The molecule has 25 heavy (non-hydrogen) atoms. The molecule has 0 saturated carbocycles. The first kappa shape index (κ1) is 19.6. The summed E-state index contributed by atoms with van der Waals surface area (Å²) in [4.78, 5) is 4.69. The smallest absolute Gasteiger partial charge is 0.203 e. The number of nitrogens with one attached hydrogen (secondary N) is 2. The molecule has 1 fully saturated rings. The second-order valence-electron chi connectivity index (χ2n) is 5.70. The minimum Gasteiger partial charge on any atom is -0.493 e. The molecule has 1 atom stereocenters. The van der Waals surface area contributed by atoms with Crippen molar-refractivity contribution in [3.8, 4) is 17.2 Å². The summed E-state index contributed by atoms with van der Waals surface area (Å²) in [5.74, 6) is 4.00. The summed E-state index contributed by atoms with van der Waals surface area (Å²) in [5.41, 5.74) is 0.951. The summed E-state index contributed by atoms with van der Waals surface area (Å²) >= 11 is 2.04. The second kappa shape index (κ2) is 10.3. The molecule has 1 aliphatic heterocycles. The molecule has 0 spiro atoms. The van der Waals surface area contributed by atoms with Gasteiger partial charge in [0.05, 0.1) is 27.9 Å². The normalized spacial score (nSPS) is 17.3. The highest BCUT2D eigenvalue weighted by Gasteiger charge is 2.17. The van der Waals surface area contributed by atoms with Crippen molar-refractivity contribution in [1.82, 2.24) is 10.6 Å². The monoisotopic (exact) mass is 367 g/mol. The Morgan fingerprint density at radius 3 is 2.56 bits per heavy atom. The molecule has 1 aliphatic rings. The molecule has 0 radical (unpaired) electrons. The summed E-state index contributed by atoms with van der Waals surface area (Å²) < 4.78 is 16.3. The topological polar surface area (TPSA) is 64.1 Å². The molecule has 0 aliphatic carbocycles. The van der Waals surface area contributed by atoms with E-state index in [1.807, 2.05) is 23.9 Å². The zero-order valence-corrected chi connectivity index (χ0v) is 16.4. The van der Waals surface area contributed by atoms with Crippen molar-refractivity contribution >= 4 is 17.7 Å². The van der Waals surface area contributed by atoms with E-state index in [1.165, 1.54) is 18.6 Å². The number of nitrogens with zero attached hydrogens (tertiary/aromatic N) is 1. The highest BCUT2D eigenvalue weighted by Crippen LogP contribution is 2.39. The maximum absolute atomic E-state index is 5.52. The van der Waals surface area contributed by atoms with Gasteiger partial charge in [-0.3, -0.25) is 0 Å². The minimum atomic E-state index is 0.497. The highest BCUT2D eigenvalue weighted by molar-refractivity contribution is 8.00. The molecule has 2 N–H and O–H groups in total. The molecule has 1 heterocycles. The number of aliphatic imine (C=N–C) groups is 1. The molecule has 0 amide bonds. The fourth-order valence-corrected chi connectivity index (χ4v) is 4.01. The van der Waals surface area contributed by atoms with Crippen LogP contribution in [0.15, 0.2) is 17.1 Å². The molecular formula is C18H29N3O3S. The Morgan fingerprint density at radius 2 is 1.96 bits per heavy atom. The third-order valence-corrected chi connectivity index (χ3v) is 5.46.